The molecule has 0 aromatic carbocycles. The maximum atomic E-state index is 8.57. The average molecular weight is 341 g/mol. The molecule has 0 saturated heterocycles. The number of oxime groups is 1. The van der Waals surface area contributed by atoms with Crippen LogP contribution >= 0.6 is 27.3 Å². The molecule has 2 rings (SSSR count). The first-order valence-corrected chi connectivity index (χ1v) is 7.15. The first kappa shape index (κ1) is 13.8. The number of rotatable bonds is 4. The number of thiophene rings is 1. The third kappa shape index (κ3) is 3.45. The predicted molar refractivity (Wildman–Crippen MR) is 80.9 cm³/mol. The molecule has 0 amide bonds. The van der Waals surface area contributed by atoms with Crippen LogP contribution < -0.4 is 10.6 Å². The van der Waals surface area contributed by atoms with Gasteiger partial charge in [0.25, 0.3) is 0 Å². The normalized spacial score (nSPS) is 11.6. The molecule has 0 saturated carbocycles. The van der Waals surface area contributed by atoms with Crippen LogP contribution in [0, 0.1) is 0 Å². The van der Waals surface area contributed by atoms with Gasteiger partial charge in [0.1, 0.15) is 5.69 Å². The van der Waals surface area contributed by atoms with Crippen molar-refractivity contribution in [2.75, 3.05) is 11.9 Å². The fourth-order valence-electron chi connectivity index (χ4n) is 1.58. The molecule has 2 aromatic heterocycles. The molecule has 0 bridgehead atoms. The zero-order chi connectivity index (χ0) is 13.8. The highest BCUT2D eigenvalue weighted by Crippen LogP contribution is 2.22. The van der Waals surface area contributed by atoms with Gasteiger partial charge in [0.05, 0.1) is 18.4 Å². The van der Waals surface area contributed by atoms with Crippen LogP contribution in [-0.2, 0) is 6.54 Å². The molecule has 0 radical (unpaired) electrons. The Morgan fingerprint density at radius 3 is 2.89 bits per heavy atom. The van der Waals surface area contributed by atoms with E-state index >= 15 is 0 Å². The van der Waals surface area contributed by atoms with E-state index in [0.29, 0.717) is 5.69 Å². The van der Waals surface area contributed by atoms with Gasteiger partial charge in [0, 0.05) is 21.8 Å². The molecule has 100 valence electrons. The minimum atomic E-state index is 0.0105. The Hall–Kier alpha value is -1.60. The van der Waals surface area contributed by atoms with Crippen molar-refractivity contribution in [3.8, 4) is 0 Å². The molecule has 5 nitrogen and oxygen atoms in total. The van der Waals surface area contributed by atoms with Gasteiger partial charge in [-0.25, -0.2) is 0 Å². The topological polar surface area (TPSA) is 74.7 Å². The second-order valence-electron chi connectivity index (χ2n) is 3.97. The summed E-state index contributed by atoms with van der Waals surface area (Å²) in [5.41, 5.74) is 6.90. The van der Waals surface area contributed by atoms with Crippen molar-refractivity contribution in [2.24, 2.45) is 10.9 Å². The smallest absolute Gasteiger partial charge is 0.188 e. The minimum absolute atomic E-state index is 0.0105. The molecule has 0 atom stereocenters. The van der Waals surface area contributed by atoms with E-state index in [-0.39, 0.29) is 5.84 Å². The number of aromatic nitrogens is 1. The van der Waals surface area contributed by atoms with Crippen LogP contribution in [0.2, 0.25) is 0 Å². The van der Waals surface area contributed by atoms with Gasteiger partial charge in [-0.2, -0.15) is 0 Å². The van der Waals surface area contributed by atoms with Crippen molar-refractivity contribution in [2.45, 2.75) is 6.54 Å². The Kier molecular flexibility index (Phi) is 4.39. The summed E-state index contributed by atoms with van der Waals surface area (Å²) in [5, 5.41) is 13.6. The molecule has 0 aliphatic carbocycles. The number of halogens is 1. The number of amidine groups is 1. The van der Waals surface area contributed by atoms with Crippen LogP contribution in [0.15, 0.2) is 39.4 Å². The van der Waals surface area contributed by atoms with Crippen molar-refractivity contribution in [3.63, 3.8) is 0 Å². The fourth-order valence-corrected chi connectivity index (χ4v) is 3.08. The molecule has 0 aliphatic rings. The Labute approximate surface area is 123 Å². The molecule has 2 heterocycles. The second kappa shape index (κ2) is 6.03. The Balaban J connectivity index is 2.09. The summed E-state index contributed by atoms with van der Waals surface area (Å²) in [6.07, 6.45) is 1.70. The third-order valence-electron chi connectivity index (χ3n) is 2.57. The molecular formula is C12H13BrN4OS. The SMILES string of the molecule is CN(Cc1cc(Br)cs1)c1ccc(/C(N)=N/O)nc1. The summed E-state index contributed by atoms with van der Waals surface area (Å²) in [7, 11) is 1.99. The van der Waals surface area contributed by atoms with E-state index in [2.05, 4.69) is 42.4 Å². The van der Waals surface area contributed by atoms with Gasteiger partial charge in [0.2, 0.25) is 0 Å². The highest BCUT2D eigenvalue weighted by molar-refractivity contribution is 9.10. The molecule has 0 spiro atoms. The van der Waals surface area contributed by atoms with E-state index in [0.717, 1.165) is 16.7 Å². The van der Waals surface area contributed by atoms with Gasteiger partial charge in [-0.3, -0.25) is 4.98 Å². The van der Waals surface area contributed by atoms with E-state index < -0.39 is 0 Å². The quantitative estimate of drug-likeness (QED) is 0.388. The van der Waals surface area contributed by atoms with E-state index in [1.54, 1.807) is 23.6 Å². The van der Waals surface area contributed by atoms with E-state index in [1.807, 2.05) is 13.1 Å². The lowest BCUT2D eigenvalue weighted by atomic mass is 10.3. The van der Waals surface area contributed by atoms with Gasteiger partial charge in [-0.05, 0) is 34.1 Å². The van der Waals surface area contributed by atoms with Crippen LogP contribution in [0.4, 0.5) is 5.69 Å². The molecule has 0 aliphatic heterocycles. The Morgan fingerprint density at radius 1 is 1.58 bits per heavy atom. The highest BCUT2D eigenvalue weighted by atomic mass is 79.9. The monoisotopic (exact) mass is 340 g/mol. The largest absolute Gasteiger partial charge is 0.409 e. The van der Waals surface area contributed by atoms with Crippen LogP contribution in [0.5, 0.6) is 0 Å². The number of hydrogen-bond donors (Lipinski definition) is 2. The number of nitrogens with zero attached hydrogens (tertiary/aromatic N) is 3. The lowest BCUT2D eigenvalue weighted by Crippen LogP contribution is -2.18. The van der Waals surface area contributed by atoms with Gasteiger partial charge < -0.3 is 15.8 Å². The number of anilines is 1. The number of nitrogens with two attached hydrogens (primary N) is 1. The standard InChI is InChI=1S/C12H13BrN4OS/c1-17(6-10-4-8(13)7-19-10)9-2-3-11(15-5-9)12(14)16-18/h2-5,7,18H,6H2,1H3,(H2,14,16). The number of hydrogen-bond acceptors (Lipinski definition) is 5. The first-order chi connectivity index (χ1) is 9.10. The molecule has 2 aromatic rings. The van der Waals surface area contributed by atoms with Crippen molar-refractivity contribution in [1.82, 2.24) is 4.98 Å². The average Bonchev–Trinajstić information content (AvgIpc) is 2.83. The molecule has 19 heavy (non-hydrogen) atoms. The van der Waals surface area contributed by atoms with Crippen molar-refractivity contribution in [1.29, 1.82) is 0 Å². The van der Waals surface area contributed by atoms with E-state index in [1.165, 1.54) is 4.88 Å². The maximum Gasteiger partial charge on any atom is 0.188 e. The molecular weight excluding hydrogens is 328 g/mol. The fraction of sp³-hybridized carbons (Fsp3) is 0.167. The molecule has 0 unspecified atom stereocenters. The third-order valence-corrected chi connectivity index (χ3v) is 4.26. The maximum absolute atomic E-state index is 8.57. The first-order valence-electron chi connectivity index (χ1n) is 5.48. The Bertz CT molecular complexity index is 582. The molecule has 0 fully saturated rings. The zero-order valence-corrected chi connectivity index (χ0v) is 12.6. The minimum Gasteiger partial charge on any atom is -0.409 e. The summed E-state index contributed by atoms with van der Waals surface area (Å²) in [6.45, 7) is 0.806. The van der Waals surface area contributed by atoms with Crippen molar-refractivity contribution >= 4 is 38.8 Å². The van der Waals surface area contributed by atoms with Crippen LogP contribution in [-0.4, -0.2) is 23.1 Å². The zero-order valence-electron chi connectivity index (χ0n) is 10.2. The van der Waals surface area contributed by atoms with Crippen LogP contribution in [0.3, 0.4) is 0 Å². The summed E-state index contributed by atoms with van der Waals surface area (Å²) in [4.78, 5) is 7.50. The number of pyridine rings is 1. The van der Waals surface area contributed by atoms with Gasteiger partial charge in [-0.15, -0.1) is 11.3 Å². The summed E-state index contributed by atoms with van der Waals surface area (Å²) in [5.74, 6) is 0.0105. The van der Waals surface area contributed by atoms with Gasteiger partial charge in [-0.1, -0.05) is 5.16 Å². The van der Waals surface area contributed by atoms with Crippen molar-refractivity contribution < 1.29 is 5.21 Å². The second-order valence-corrected chi connectivity index (χ2v) is 5.89. The van der Waals surface area contributed by atoms with E-state index in [9.17, 15) is 0 Å². The summed E-state index contributed by atoms with van der Waals surface area (Å²) in [6, 6.07) is 5.72. The lowest BCUT2D eigenvalue weighted by molar-refractivity contribution is 0.318. The highest BCUT2D eigenvalue weighted by Gasteiger charge is 2.06. The summed E-state index contributed by atoms with van der Waals surface area (Å²) >= 11 is 5.14. The molecule has 7 heteroatoms. The van der Waals surface area contributed by atoms with E-state index in [4.69, 9.17) is 10.9 Å². The van der Waals surface area contributed by atoms with Gasteiger partial charge in [0.15, 0.2) is 5.84 Å². The summed E-state index contributed by atoms with van der Waals surface area (Å²) < 4.78 is 1.10. The Morgan fingerprint density at radius 2 is 2.37 bits per heavy atom. The van der Waals surface area contributed by atoms with Crippen LogP contribution in [0.25, 0.3) is 0 Å². The van der Waals surface area contributed by atoms with Gasteiger partial charge >= 0.3 is 0 Å². The molecule has 3 N–H and O–H groups in total. The predicted octanol–water partition coefficient (Wildman–Crippen LogP) is 2.64. The van der Waals surface area contributed by atoms with Crippen LogP contribution in [0.1, 0.15) is 10.6 Å². The lowest BCUT2D eigenvalue weighted by Gasteiger charge is -2.18. The van der Waals surface area contributed by atoms with Crippen molar-refractivity contribution in [3.05, 3.63) is 44.8 Å².